The van der Waals surface area contributed by atoms with Gasteiger partial charge >= 0.3 is 0 Å². The smallest absolute Gasteiger partial charge is 0.159 e. The van der Waals surface area contributed by atoms with E-state index in [1.54, 1.807) is 0 Å². The number of hydrogen-bond donors (Lipinski definition) is 1. The van der Waals surface area contributed by atoms with Crippen LogP contribution in [-0.2, 0) is 0 Å². The largest absolute Gasteiger partial charge is 0.344 e. The summed E-state index contributed by atoms with van der Waals surface area (Å²) in [4.78, 5) is 10.2. The number of aromatic nitrogens is 2. The molecule has 1 N–H and O–H groups in total. The van der Waals surface area contributed by atoms with Crippen molar-refractivity contribution in [2.45, 2.75) is 6.17 Å². The molecule has 3 heterocycles. The first kappa shape index (κ1) is 32.0. The minimum Gasteiger partial charge on any atom is -0.344 e. The molecule has 0 radical (unpaired) electrons. The van der Waals surface area contributed by atoms with Gasteiger partial charge in [0, 0.05) is 44.0 Å². The molecular weight excluding hydrogens is 683 g/mol. The lowest BCUT2D eigenvalue weighted by Crippen LogP contribution is -2.33. The predicted molar refractivity (Wildman–Crippen MR) is 232 cm³/mol. The van der Waals surface area contributed by atoms with Gasteiger partial charge in [-0.2, -0.15) is 0 Å². The van der Waals surface area contributed by atoms with Gasteiger partial charge in [0.25, 0.3) is 0 Å². The molecular formula is C51H35N5. The third-order valence-corrected chi connectivity index (χ3v) is 10.9. The van der Waals surface area contributed by atoms with Gasteiger partial charge in [0.15, 0.2) is 5.84 Å². The van der Waals surface area contributed by atoms with Gasteiger partial charge in [0.1, 0.15) is 12.0 Å². The van der Waals surface area contributed by atoms with Gasteiger partial charge in [-0.1, -0.05) is 152 Å². The van der Waals surface area contributed by atoms with E-state index in [4.69, 9.17) is 9.98 Å². The summed E-state index contributed by atoms with van der Waals surface area (Å²) in [5.74, 6) is 1.51. The highest BCUT2D eigenvalue weighted by Crippen LogP contribution is 2.41. The Labute approximate surface area is 324 Å². The van der Waals surface area contributed by atoms with E-state index in [0.717, 1.165) is 44.9 Å². The van der Waals surface area contributed by atoms with Crippen molar-refractivity contribution in [3.05, 3.63) is 217 Å². The molecule has 10 aromatic rings. The minimum absolute atomic E-state index is 0.336. The van der Waals surface area contributed by atoms with Crippen molar-refractivity contribution in [3.8, 4) is 22.5 Å². The number of rotatable bonds is 6. The van der Waals surface area contributed by atoms with Crippen LogP contribution in [0.1, 0.15) is 22.9 Å². The summed E-state index contributed by atoms with van der Waals surface area (Å²) in [6.45, 7) is 0. The van der Waals surface area contributed by atoms with Gasteiger partial charge in [0.05, 0.1) is 22.1 Å². The zero-order chi connectivity index (χ0) is 37.0. The lowest BCUT2D eigenvalue weighted by molar-refractivity contribution is 0.674. The quantitative estimate of drug-likeness (QED) is 0.183. The van der Waals surface area contributed by atoms with E-state index in [9.17, 15) is 0 Å². The molecule has 1 unspecified atom stereocenters. The van der Waals surface area contributed by atoms with Crippen LogP contribution in [0.5, 0.6) is 0 Å². The van der Waals surface area contributed by atoms with Crippen LogP contribution < -0.4 is 5.32 Å². The van der Waals surface area contributed by atoms with E-state index in [1.807, 2.05) is 36.4 Å². The van der Waals surface area contributed by atoms with Crippen molar-refractivity contribution in [2.75, 3.05) is 0 Å². The van der Waals surface area contributed by atoms with E-state index in [2.05, 4.69) is 178 Å². The molecule has 0 saturated heterocycles. The number of nitrogens with zero attached hydrogens (tertiary/aromatic N) is 4. The third-order valence-electron chi connectivity index (χ3n) is 10.9. The average molecular weight is 718 g/mol. The van der Waals surface area contributed by atoms with E-state index >= 15 is 0 Å². The molecule has 1 aliphatic rings. The Morgan fingerprint density at radius 2 is 0.946 bits per heavy atom. The van der Waals surface area contributed by atoms with Crippen LogP contribution in [0.2, 0.25) is 0 Å². The molecule has 8 aromatic carbocycles. The molecule has 11 rings (SSSR count). The van der Waals surface area contributed by atoms with Gasteiger partial charge in [-0.3, -0.25) is 0 Å². The number of benzene rings is 8. The third kappa shape index (κ3) is 5.32. The monoisotopic (exact) mass is 717 g/mol. The van der Waals surface area contributed by atoms with Crippen LogP contribution in [-0.4, -0.2) is 20.8 Å². The molecule has 0 amide bonds. The second-order valence-electron chi connectivity index (χ2n) is 14.3. The van der Waals surface area contributed by atoms with E-state index < -0.39 is 0 Å². The van der Waals surface area contributed by atoms with Crippen molar-refractivity contribution in [3.63, 3.8) is 0 Å². The summed E-state index contributed by atoms with van der Waals surface area (Å²) >= 11 is 0. The zero-order valence-corrected chi connectivity index (χ0v) is 30.4. The average Bonchev–Trinajstić information content (AvgIpc) is 3.78. The topological polar surface area (TPSA) is 46.6 Å². The number of amidine groups is 2. The van der Waals surface area contributed by atoms with Crippen LogP contribution in [0.4, 0.5) is 0 Å². The van der Waals surface area contributed by atoms with Crippen LogP contribution in [0.15, 0.2) is 210 Å². The summed E-state index contributed by atoms with van der Waals surface area (Å²) in [6, 6.07) is 71.1. The number of hydrogen-bond acceptors (Lipinski definition) is 3. The molecule has 0 spiro atoms. The molecule has 5 nitrogen and oxygen atoms in total. The van der Waals surface area contributed by atoms with Crippen molar-refractivity contribution in [1.29, 1.82) is 0 Å². The molecule has 1 aliphatic heterocycles. The number of aliphatic imine (C=N–C) groups is 2. The summed E-state index contributed by atoms with van der Waals surface area (Å²) < 4.78 is 4.83. The summed E-state index contributed by atoms with van der Waals surface area (Å²) in [6.07, 6.45) is -0.336. The first-order valence-corrected chi connectivity index (χ1v) is 19.0. The number of nitrogens with one attached hydrogen (secondary N) is 1. The summed E-state index contributed by atoms with van der Waals surface area (Å²) in [5.41, 5.74) is 12.3. The van der Waals surface area contributed by atoms with Gasteiger partial charge in [-0.15, -0.1) is 0 Å². The molecule has 0 fully saturated rings. The standard InChI is InChI=1S/C51H35N5/c1-5-16-34(17-6-1)37-28-29-42-44-32-43-41-26-13-14-27-45(41)56(48(43)33-47(44)55(46(42)31-37)39-23-11-4-12-24-39)40-25-15-22-38(30-40)51-53-49(35-18-7-2-8-19-35)52-50(54-51)36-20-9-3-10-21-36/h1-33,51H,(H,52,53,54). The molecule has 2 aromatic heterocycles. The first-order chi connectivity index (χ1) is 27.8. The maximum atomic E-state index is 5.19. The highest BCUT2D eigenvalue weighted by Gasteiger charge is 2.23. The number of para-hydroxylation sites is 2. The molecule has 264 valence electrons. The Bertz CT molecular complexity index is 3140. The van der Waals surface area contributed by atoms with Gasteiger partial charge in [-0.05, 0) is 65.2 Å². The van der Waals surface area contributed by atoms with Gasteiger partial charge in [0.2, 0.25) is 0 Å². The fourth-order valence-corrected chi connectivity index (χ4v) is 8.34. The SMILES string of the molecule is c1ccc(C2=NC(c3cccc(-n4c5ccccc5c5cc6c7ccc(-c8ccccc8)cc7n(-c7ccccc7)c6cc54)c3)NC(c3ccccc3)=N2)cc1. The van der Waals surface area contributed by atoms with E-state index in [0.29, 0.717) is 5.84 Å². The highest BCUT2D eigenvalue weighted by atomic mass is 15.2. The Morgan fingerprint density at radius 1 is 0.375 bits per heavy atom. The van der Waals surface area contributed by atoms with Crippen LogP contribution in [0.3, 0.4) is 0 Å². The fourth-order valence-electron chi connectivity index (χ4n) is 8.34. The minimum atomic E-state index is -0.336. The van der Waals surface area contributed by atoms with Crippen molar-refractivity contribution in [2.24, 2.45) is 9.98 Å². The fraction of sp³-hybridized carbons (Fsp3) is 0.0196. The van der Waals surface area contributed by atoms with Crippen molar-refractivity contribution < 1.29 is 0 Å². The lowest BCUT2D eigenvalue weighted by atomic mass is 10.0. The molecule has 1 atom stereocenters. The Hall–Kier alpha value is -7.50. The van der Waals surface area contributed by atoms with Crippen LogP contribution >= 0.6 is 0 Å². The number of fused-ring (bicyclic) bond motifs is 6. The highest BCUT2D eigenvalue weighted by molar-refractivity contribution is 6.19. The zero-order valence-electron chi connectivity index (χ0n) is 30.4. The Balaban J connectivity index is 1.12. The summed E-state index contributed by atoms with van der Waals surface area (Å²) in [7, 11) is 0. The predicted octanol–water partition coefficient (Wildman–Crippen LogP) is 12.0. The lowest BCUT2D eigenvalue weighted by Gasteiger charge is -2.24. The molecule has 5 heteroatoms. The van der Waals surface area contributed by atoms with Crippen LogP contribution in [0.25, 0.3) is 66.1 Å². The normalized spacial score (nSPS) is 14.2. The second-order valence-corrected chi connectivity index (χ2v) is 14.3. The maximum Gasteiger partial charge on any atom is 0.159 e. The molecule has 56 heavy (non-hydrogen) atoms. The van der Waals surface area contributed by atoms with Gasteiger partial charge < -0.3 is 14.5 Å². The maximum absolute atomic E-state index is 5.19. The van der Waals surface area contributed by atoms with Gasteiger partial charge in [-0.25, -0.2) is 9.98 Å². The Kier molecular flexibility index (Phi) is 7.49. The van der Waals surface area contributed by atoms with Crippen molar-refractivity contribution in [1.82, 2.24) is 14.5 Å². The molecule has 0 saturated carbocycles. The molecule has 0 aliphatic carbocycles. The van der Waals surface area contributed by atoms with Crippen LogP contribution in [0, 0.1) is 0 Å². The first-order valence-electron chi connectivity index (χ1n) is 19.0. The van der Waals surface area contributed by atoms with E-state index in [-0.39, 0.29) is 6.17 Å². The molecule has 0 bridgehead atoms. The Morgan fingerprint density at radius 3 is 1.68 bits per heavy atom. The summed E-state index contributed by atoms with van der Waals surface area (Å²) in [5, 5.41) is 8.56. The second kappa shape index (κ2) is 13.1. The van der Waals surface area contributed by atoms with E-state index in [1.165, 1.54) is 43.7 Å². The van der Waals surface area contributed by atoms with Crippen molar-refractivity contribution >= 4 is 55.3 Å².